The molecular formula is C12H16BrCl2N. The SMILES string of the molecule is CC(C)(C)CCNc1ccc(Br)c(Cl)c1Cl. The third kappa shape index (κ3) is 4.15. The lowest BCUT2D eigenvalue weighted by molar-refractivity contribution is 0.390. The molecular weight excluding hydrogens is 309 g/mol. The van der Waals surface area contributed by atoms with Gasteiger partial charge in [0.2, 0.25) is 0 Å². The van der Waals surface area contributed by atoms with E-state index in [1.807, 2.05) is 12.1 Å². The summed E-state index contributed by atoms with van der Waals surface area (Å²) in [6, 6.07) is 3.83. The van der Waals surface area contributed by atoms with Gasteiger partial charge in [-0.15, -0.1) is 0 Å². The van der Waals surface area contributed by atoms with Crippen LogP contribution in [0.3, 0.4) is 0 Å². The Balaban J connectivity index is 2.65. The second-order valence-electron chi connectivity index (χ2n) is 4.96. The Bertz CT molecular complexity index is 372. The molecule has 0 aliphatic rings. The Labute approximate surface area is 116 Å². The fourth-order valence-electron chi connectivity index (χ4n) is 1.23. The number of nitrogens with one attached hydrogen (secondary N) is 1. The van der Waals surface area contributed by atoms with Gasteiger partial charge in [-0.3, -0.25) is 0 Å². The lowest BCUT2D eigenvalue weighted by Crippen LogP contribution is -2.13. The monoisotopic (exact) mass is 323 g/mol. The molecule has 1 aromatic rings. The van der Waals surface area contributed by atoms with Gasteiger partial charge in [0.25, 0.3) is 0 Å². The van der Waals surface area contributed by atoms with Crippen molar-refractivity contribution in [2.24, 2.45) is 5.41 Å². The lowest BCUT2D eigenvalue weighted by atomic mass is 9.92. The maximum Gasteiger partial charge on any atom is 0.0835 e. The minimum atomic E-state index is 0.318. The molecule has 1 rings (SSSR count). The average Bonchev–Trinajstić information content (AvgIpc) is 2.16. The summed E-state index contributed by atoms with van der Waals surface area (Å²) in [5.41, 5.74) is 1.21. The fraction of sp³-hybridized carbons (Fsp3) is 0.500. The van der Waals surface area contributed by atoms with E-state index in [-0.39, 0.29) is 0 Å². The Morgan fingerprint density at radius 2 is 1.81 bits per heavy atom. The molecule has 16 heavy (non-hydrogen) atoms. The minimum Gasteiger partial charge on any atom is -0.384 e. The summed E-state index contributed by atoms with van der Waals surface area (Å²) in [6.07, 6.45) is 1.08. The van der Waals surface area contributed by atoms with Gasteiger partial charge in [-0.25, -0.2) is 0 Å². The maximum absolute atomic E-state index is 6.12. The molecule has 0 aromatic heterocycles. The predicted octanol–water partition coefficient (Wildman–Crippen LogP) is 5.60. The Morgan fingerprint density at radius 1 is 1.19 bits per heavy atom. The highest BCUT2D eigenvalue weighted by Gasteiger charge is 2.11. The average molecular weight is 325 g/mol. The van der Waals surface area contributed by atoms with Crippen molar-refractivity contribution in [3.05, 3.63) is 26.7 Å². The molecule has 0 fully saturated rings. The van der Waals surface area contributed by atoms with Crippen molar-refractivity contribution in [1.29, 1.82) is 0 Å². The summed E-state index contributed by atoms with van der Waals surface area (Å²) >= 11 is 15.5. The molecule has 0 unspecified atom stereocenters. The number of hydrogen-bond donors (Lipinski definition) is 1. The van der Waals surface area contributed by atoms with Crippen LogP contribution in [0.2, 0.25) is 10.0 Å². The van der Waals surface area contributed by atoms with Crippen molar-refractivity contribution in [2.75, 3.05) is 11.9 Å². The van der Waals surface area contributed by atoms with Gasteiger partial charge < -0.3 is 5.32 Å². The first kappa shape index (κ1) is 14.1. The molecule has 90 valence electrons. The maximum atomic E-state index is 6.12. The van der Waals surface area contributed by atoms with E-state index in [4.69, 9.17) is 23.2 Å². The molecule has 0 heterocycles. The van der Waals surface area contributed by atoms with Crippen LogP contribution in [-0.2, 0) is 0 Å². The van der Waals surface area contributed by atoms with E-state index in [1.54, 1.807) is 0 Å². The standard InChI is InChI=1S/C12H16BrCl2N/c1-12(2,3)6-7-16-9-5-4-8(13)10(14)11(9)15/h4-5,16H,6-7H2,1-3H3. The molecule has 0 saturated carbocycles. The van der Waals surface area contributed by atoms with Crippen LogP contribution >= 0.6 is 39.1 Å². The summed E-state index contributed by atoms with van der Waals surface area (Å²) in [5, 5.41) is 4.43. The molecule has 0 atom stereocenters. The first-order valence-electron chi connectivity index (χ1n) is 5.18. The van der Waals surface area contributed by atoms with E-state index in [9.17, 15) is 0 Å². The summed E-state index contributed by atoms with van der Waals surface area (Å²) in [6.45, 7) is 7.53. The normalized spacial score (nSPS) is 11.6. The zero-order valence-corrected chi connectivity index (χ0v) is 12.8. The Hall–Kier alpha value is 0.0800. The van der Waals surface area contributed by atoms with Gasteiger partial charge in [-0.2, -0.15) is 0 Å². The van der Waals surface area contributed by atoms with Crippen molar-refractivity contribution in [1.82, 2.24) is 0 Å². The molecule has 0 amide bonds. The van der Waals surface area contributed by atoms with E-state index in [0.29, 0.717) is 15.5 Å². The van der Waals surface area contributed by atoms with Crippen LogP contribution in [0.1, 0.15) is 27.2 Å². The first-order valence-corrected chi connectivity index (χ1v) is 6.73. The van der Waals surface area contributed by atoms with Gasteiger partial charge >= 0.3 is 0 Å². The first-order chi connectivity index (χ1) is 7.31. The number of hydrogen-bond acceptors (Lipinski definition) is 1. The zero-order valence-electron chi connectivity index (χ0n) is 9.70. The molecule has 1 N–H and O–H groups in total. The summed E-state index contributed by atoms with van der Waals surface area (Å²) < 4.78 is 0.820. The zero-order chi connectivity index (χ0) is 12.3. The molecule has 1 nitrogen and oxygen atoms in total. The van der Waals surface area contributed by atoms with E-state index in [0.717, 1.165) is 23.1 Å². The number of halogens is 3. The molecule has 0 aliphatic carbocycles. The molecule has 1 aromatic carbocycles. The van der Waals surface area contributed by atoms with Crippen LogP contribution < -0.4 is 5.32 Å². The molecule has 0 saturated heterocycles. The van der Waals surface area contributed by atoms with Gasteiger partial charge in [-0.05, 0) is 39.9 Å². The Kier molecular flexibility index (Phi) is 4.96. The molecule has 0 aliphatic heterocycles. The quantitative estimate of drug-likeness (QED) is 0.713. The molecule has 0 spiro atoms. The number of benzene rings is 1. The van der Waals surface area contributed by atoms with Crippen LogP contribution in [0, 0.1) is 5.41 Å². The van der Waals surface area contributed by atoms with Crippen molar-refractivity contribution >= 4 is 44.8 Å². The topological polar surface area (TPSA) is 12.0 Å². The van der Waals surface area contributed by atoms with Crippen LogP contribution in [0.4, 0.5) is 5.69 Å². The number of rotatable bonds is 3. The minimum absolute atomic E-state index is 0.318. The van der Waals surface area contributed by atoms with Gasteiger partial charge in [-0.1, -0.05) is 44.0 Å². The van der Waals surface area contributed by atoms with Gasteiger partial charge in [0, 0.05) is 11.0 Å². The van der Waals surface area contributed by atoms with Crippen LogP contribution in [-0.4, -0.2) is 6.54 Å². The van der Waals surface area contributed by atoms with Crippen LogP contribution in [0.15, 0.2) is 16.6 Å². The van der Waals surface area contributed by atoms with Crippen molar-refractivity contribution in [3.8, 4) is 0 Å². The molecule has 0 bridgehead atoms. The number of anilines is 1. The third-order valence-corrected chi connectivity index (χ3v) is 4.00. The lowest BCUT2D eigenvalue weighted by Gasteiger charge is -2.19. The van der Waals surface area contributed by atoms with Gasteiger partial charge in [0.05, 0.1) is 15.7 Å². The molecule has 0 radical (unpaired) electrons. The van der Waals surface area contributed by atoms with Crippen LogP contribution in [0.5, 0.6) is 0 Å². The second-order valence-corrected chi connectivity index (χ2v) is 6.57. The predicted molar refractivity (Wildman–Crippen MR) is 76.7 cm³/mol. The van der Waals surface area contributed by atoms with Crippen molar-refractivity contribution in [3.63, 3.8) is 0 Å². The van der Waals surface area contributed by atoms with E-state index in [2.05, 4.69) is 42.0 Å². The largest absolute Gasteiger partial charge is 0.384 e. The fourth-order valence-corrected chi connectivity index (χ4v) is 2.08. The van der Waals surface area contributed by atoms with Crippen molar-refractivity contribution in [2.45, 2.75) is 27.2 Å². The van der Waals surface area contributed by atoms with Crippen molar-refractivity contribution < 1.29 is 0 Å². The second kappa shape index (κ2) is 5.61. The van der Waals surface area contributed by atoms with E-state index >= 15 is 0 Å². The van der Waals surface area contributed by atoms with Crippen LogP contribution in [0.25, 0.3) is 0 Å². The summed E-state index contributed by atoms with van der Waals surface area (Å²) in [5.74, 6) is 0. The summed E-state index contributed by atoms with van der Waals surface area (Å²) in [4.78, 5) is 0. The van der Waals surface area contributed by atoms with Gasteiger partial charge in [0.1, 0.15) is 0 Å². The summed E-state index contributed by atoms with van der Waals surface area (Å²) in [7, 11) is 0. The van der Waals surface area contributed by atoms with E-state index < -0.39 is 0 Å². The smallest absolute Gasteiger partial charge is 0.0835 e. The van der Waals surface area contributed by atoms with E-state index in [1.165, 1.54) is 0 Å². The third-order valence-electron chi connectivity index (χ3n) is 2.23. The highest BCUT2D eigenvalue weighted by Crippen LogP contribution is 2.35. The Morgan fingerprint density at radius 3 is 2.38 bits per heavy atom. The van der Waals surface area contributed by atoms with Gasteiger partial charge in [0.15, 0.2) is 0 Å². The molecule has 4 heteroatoms. The highest BCUT2D eigenvalue weighted by atomic mass is 79.9. The highest BCUT2D eigenvalue weighted by molar-refractivity contribution is 9.10.